The number of unbranched alkanes of at least 4 members (excludes halogenated alkanes) is 5. The average Bonchev–Trinajstić information content (AvgIpc) is 2.28. The molecule has 0 bridgehead atoms. The molecule has 0 aromatic carbocycles. The zero-order valence-corrected chi connectivity index (χ0v) is 9.80. The Balaban J connectivity index is 2.22. The predicted octanol–water partition coefficient (Wildman–Crippen LogP) is 3.93. The molecule has 0 saturated carbocycles. The number of hydrogen-bond donors (Lipinski definition) is 0. The Kier molecular flexibility index (Phi) is 6.25. The van der Waals surface area contributed by atoms with E-state index in [9.17, 15) is 4.39 Å². The van der Waals surface area contributed by atoms with Crippen molar-refractivity contribution in [2.24, 2.45) is 0 Å². The normalized spacial score (nSPS) is 9.62. The monoisotopic (exact) mass is 219 g/mol. The minimum Gasteiger partial charge on any atom is -0.211 e. The van der Waals surface area contributed by atoms with Gasteiger partial charge in [-0.25, -0.2) is 4.98 Å². The number of rotatable bonds is 5. The summed E-state index contributed by atoms with van der Waals surface area (Å²) in [7, 11) is 0. The second kappa shape index (κ2) is 7.87. The summed E-state index contributed by atoms with van der Waals surface area (Å²) < 4.78 is 12.7. The SMILES string of the molecule is CCCCCCCC#Cc1cccc(F)n1. The van der Waals surface area contributed by atoms with Gasteiger partial charge in [0.1, 0.15) is 5.69 Å². The third-order valence-corrected chi connectivity index (χ3v) is 2.34. The van der Waals surface area contributed by atoms with Crippen LogP contribution in [0.3, 0.4) is 0 Å². The van der Waals surface area contributed by atoms with Crippen molar-refractivity contribution in [3.05, 3.63) is 29.8 Å². The molecule has 0 N–H and O–H groups in total. The van der Waals surface area contributed by atoms with E-state index in [4.69, 9.17) is 0 Å². The van der Waals surface area contributed by atoms with Gasteiger partial charge < -0.3 is 0 Å². The molecule has 0 amide bonds. The molecule has 0 radical (unpaired) electrons. The highest BCUT2D eigenvalue weighted by atomic mass is 19.1. The maximum atomic E-state index is 12.7. The lowest BCUT2D eigenvalue weighted by Gasteiger charge is -1.94. The molecule has 2 heteroatoms. The average molecular weight is 219 g/mol. The first-order valence-corrected chi connectivity index (χ1v) is 5.94. The van der Waals surface area contributed by atoms with E-state index < -0.39 is 5.95 Å². The molecule has 16 heavy (non-hydrogen) atoms. The molecule has 1 nitrogen and oxygen atoms in total. The van der Waals surface area contributed by atoms with E-state index in [2.05, 4.69) is 23.7 Å². The van der Waals surface area contributed by atoms with Crippen LogP contribution in [0.4, 0.5) is 4.39 Å². The lowest BCUT2D eigenvalue weighted by Crippen LogP contribution is -1.85. The van der Waals surface area contributed by atoms with E-state index >= 15 is 0 Å². The van der Waals surface area contributed by atoms with Gasteiger partial charge in [-0.05, 0) is 24.5 Å². The van der Waals surface area contributed by atoms with Crippen LogP contribution in [0.2, 0.25) is 0 Å². The molecule has 0 spiro atoms. The van der Waals surface area contributed by atoms with Crippen LogP contribution in [-0.2, 0) is 0 Å². The van der Waals surface area contributed by atoms with Gasteiger partial charge in [-0.15, -0.1) is 0 Å². The van der Waals surface area contributed by atoms with Crippen LogP contribution in [0, 0.1) is 17.8 Å². The maximum absolute atomic E-state index is 12.7. The van der Waals surface area contributed by atoms with E-state index in [1.54, 1.807) is 12.1 Å². The van der Waals surface area contributed by atoms with Crippen molar-refractivity contribution < 1.29 is 4.39 Å². The lowest BCUT2D eigenvalue weighted by molar-refractivity contribution is 0.582. The van der Waals surface area contributed by atoms with Gasteiger partial charge in [0.05, 0.1) is 0 Å². The van der Waals surface area contributed by atoms with Gasteiger partial charge in [-0.3, -0.25) is 0 Å². The Hall–Kier alpha value is -1.36. The summed E-state index contributed by atoms with van der Waals surface area (Å²) in [5.74, 6) is 5.44. The van der Waals surface area contributed by atoms with Crippen molar-refractivity contribution in [3.63, 3.8) is 0 Å². The summed E-state index contributed by atoms with van der Waals surface area (Å²) in [4.78, 5) is 3.68. The Labute approximate surface area is 97.1 Å². The van der Waals surface area contributed by atoms with Gasteiger partial charge in [0.2, 0.25) is 5.95 Å². The first kappa shape index (κ1) is 12.7. The van der Waals surface area contributed by atoms with Crippen molar-refractivity contribution in [3.8, 4) is 11.8 Å². The number of halogens is 1. The molecule has 1 aromatic rings. The third-order valence-electron chi connectivity index (χ3n) is 2.34. The highest BCUT2D eigenvalue weighted by Gasteiger charge is 1.91. The summed E-state index contributed by atoms with van der Waals surface area (Å²) in [6.45, 7) is 2.20. The Bertz CT molecular complexity index is 362. The lowest BCUT2D eigenvalue weighted by atomic mass is 10.1. The molecular weight excluding hydrogens is 201 g/mol. The molecule has 0 unspecified atom stereocenters. The quantitative estimate of drug-likeness (QED) is 0.415. The van der Waals surface area contributed by atoms with Crippen LogP contribution in [-0.4, -0.2) is 4.98 Å². The second-order valence-electron chi connectivity index (χ2n) is 3.81. The highest BCUT2D eigenvalue weighted by molar-refractivity contribution is 5.26. The first-order chi connectivity index (χ1) is 7.83. The standard InChI is InChI=1S/C14H18FN/c1-2-3-4-5-6-7-8-10-13-11-9-12-14(15)16-13/h9,11-12H,2-7H2,1H3. The summed E-state index contributed by atoms with van der Waals surface area (Å²) in [6.07, 6.45) is 7.09. The summed E-state index contributed by atoms with van der Waals surface area (Å²) in [5.41, 5.74) is 0.522. The Morgan fingerprint density at radius 3 is 2.75 bits per heavy atom. The number of nitrogens with zero attached hydrogens (tertiary/aromatic N) is 1. The number of pyridine rings is 1. The Morgan fingerprint density at radius 1 is 1.19 bits per heavy atom. The van der Waals surface area contributed by atoms with Gasteiger partial charge in [0.25, 0.3) is 0 Å². The largest absolute Gasteiger partial charge is 0.214 e. The van der Waals surface area contributed by atoms with Crippen molar-refractivity contribution in [1.29, 1.82) is 0 Å². The van der Waals surface area contributed by atoms with Crippen molar-refractivity contribution in [1.82, 2.24) is 4.98 Å². The van der Waals surface area contributed by atoms with Gasteiger partial charge >= 0.3 is 0 Å². The zero-order chi connectivity index (χ0) is 11.6. The van der Waals surface area contributed by atoms with Gasteiger partial charge in [0, 0.05) is 6.42 Å². The zero-order valence-electron chi connectivity index (χ0n) is 9.80. The highest BCUT2D eigenvalue weighted by Crippen LogP contribution is 2.04. The smallest absolute Gasteiger partial charge is 0.211 e. The second-order valence-corrected chi connectivity index (χ2v) is 3.81. The fraction of sp³-hybridized carbons (Fsp3) is 0.500. The molecule has 0 aliphatic rings. The van der Waals surface area contributed by atoms with E-state index in [0.29, 0.717) is 5.69 Å². The molecule has 0 fully saturated rings. The molecule has 0 saturated heterocycles. The fourth-order valence-corrected chi connectivity index (χ4v) is 1.45. The molecule has 0 aliphatic carbocycles. The predicted molar refractivity (Wildman–Crippen MR) is 64.4 cm³/mol. The van der Waals surface area contributed by atoms with Gasteiger partial charge in [-0.2, -0.15) is 4.39 Å². The van der Waals surface area contributed by atoms with Crippen LogP contribution >= 0.6 is 0 Å². The van der Waals surface area contributed by atoms with Crippen LogP contribution in [0.15, 0.2) is 18.2 Å². The first-order valence-electron chi connectivity index (χ1n) is 5.94. The van der Waals surface area contributed by atoms with E-state index in [-0.39, 0.29) is 0 Å². The number of hydrogen-bond acceptors (Lipinski definition) is 1. The fourth-order valence-electron chi connectivity index (χ4n) is 1.45. The van der Waals surface area contributed by atoms with E-state index in [1.807, 2.05) is 0 Å². The van der Waals surface area contributed by atoms with Crippen LogP contribution in [0.25, 0.3) is 0 Å². The van der Waals surface area contributed by atoms with Crippen LogP contribution in [0.5, 0.6) is 0 Å². The van der Waals surface area contributed by atoms with E-state index in [0.717, 1.165) is 12.8 Å². The molecule has 0 aliphatic heterocycles. The molecule has 1 rings (SSSR count). The van der Waals surface area contributed by atoms with Crippen LogP contribution in [0.1, 0.15) is 51.1 Å². The summed E-state index contributed by atoms with van der Waals surface area (Å²) in [6, 6.07) is 4.69. The van der Waals surface area contributed by atoms with E-state index in [1.165, 1.54) is 31.7 Å². The van der Waals surface area contributed by atoms with Crippen LogP contribution < -0.4 is 0 Å². The van der Waals surface area contributed by atoms with Gasteiger partial charge in [-0.1, -0.05) is 44.6 Å². The van der Waals surface area contributed by atoms with Gasteiger partial charge in [0.15, 0.2) is 0 Å². The van der Waals surface area contributed by atoms with Crippen molar-refractivity contribution in [2.75, 3.05) is 0 Å². The molecule has 0 atom stereocenters. The molecule has 1 heterocycles. The maximum Gasteiger partial charge on any atom is 0.214 e. The summed E-state index contributed by atoms with van der Waals surface area (Å²) >= 11 is 0. The third kappa shape index (κ3) is 5.50. The minimum atomic E-state index is -0.463. The summed E-state index contributed by atoms with van der Waals surface area (Å²) in [5, 5.41) is 0. The topological polar surface area (TPSA) is 12.9 Å². The molecule has 1 aromatic heterocycles. The molecule has 86 valence electrons. The number of aromatic nitrogens is 1. The van der Waals surface area contributed by atoms with Crippen molar-refractivity contribution in [2.45, 2.75) is 45.4 Å². The Morgan fingerprint density at radius 2 is 2.00 bits per heavy atom. The minimum absolute atomic E-state index is 0.463. The molecular formula is C14H18FN. The van der Waals surface area contributed by atoms with Crippen molar-refractivity contribution >= 4 is 0 Å².